The summed E-state index contributed by atoms with van der Waals surface area (Å²) in [5, 5.41) is 3.81. The first-order chi connectivity index (χ1) is 14.5. The Hall–Kier alpha value is -1.99. The smallest absolute Gasteiger partial charge is 0.241 e. The van der Waals surface area contributed by atoms with Crippen LogP contribution in [0.5, 0.6) is 0 Å². The predicted molar refractivity (Wildman–Crippen MR) is 112 cm³/mol. The quantitative estimate of drug-likeness (QED) is 0.740. The largest absolute Gasteiger partial charge is 0.371 e. The summed E-state index contributed by atoms with van der Waals surface area (Å²) in [6.45, 7) is 3.70. The first-order valence-corrected chi connectivity index (χ1v) is 10.8. The number of carbonyl (C=O) groups excluding carboxylic acids is 1. The van der Waals surface area contributed by atoms with E-state index in [1.165, 1.54) is 17.7 Å². The summed E-state index contributed by atoms with van der Waals surface area (Å²) in [4.78, 5) is 17.7. The first-order valence-electron chi connectivity index (χ1n) is 10.4. The molecule has 2 atom stereocenters. The van der Waals surface area contributed by atoms with E-state index in [1.54, 1.807) is 0 Å². The maximum absolute atomic E-state index is 13.5. The van der Waals surface area contributed by atoms with E-state index < -0.39 is 5.54 Å². The zero-order valence-electron chi connectivity index (χ0n) is 16.7. The van der Waals surface area contributed by atoms with Crippen molar-refractivity contribution in [2.45, 2.75) is 37.1 Å². The van der Waals surface area contributed by atoms with Crippen LogP contribution >= 0.6 is 11.6 Å². The molecule has 3 fully saturated rings. The molecule has 3 saturated heterocycles. The Labute approximate surface area is 180 Å². The molecule has 2 unspecified atom stereocenters. The third-order valence-electron chi connectivity index (χ3n) is 6.64. The second-order valence-corrected chi connectivity index (χ2v) is 8.87. The molecule has 3 heterocycles. The van der Waals surface area contributed by atoms with Gasteiger partial charge in [-0.3, -0.25) is 14.6 Å². The monoisotopic (exact) mass is 429 g/mol. The van der Waals surface area contributed by atoms with E-state index in [9.17, 15) is 9.18 Å². The highest BCUT2D eigenvalue weighted by molar-refractivity contribution is 6.30. The minimum atomic E-state index is -0.540. The van der Waals surface area contributed by atoms with E-state index in [1.807, 2.05) is 24.3 Å². The molecular formula is C23H25ClFN3O2. The highest BCUT2D eigenvalue weighted by atomic mass is 35.5. The van der Waals surface area contributed by atoms with Gasteiger partial charge in [-0.2, -0.15) is 0 Å². The lowest BCUT2D eigenvalue weighted by molar-refractivity contribution is -0.130. The van der Waals surface area contributed by atoms with Gasteiger partial charge < -0.3 is 10.1 Å². The van der Waals surface area contributed by atoms with Crippen molar-refractivity contribution in [3.63, 3.8) is 0 Å². The molecule has 2 aromatic rings. The van der Waals surface area contributed by atoms with Crippen LogP contribution in [0.1, 0.15) is 30.0 Å². The summed E-state index contributed by atoms with van der Waals surface area (Å²) in [5.41, 5.74) is 1.68. The molecule has 0 radical (unpaired) electrons. The van der Waals surface area contributed by atoms with Crippen molar-refractivity contribution in [2.24, 2.45) is 0 Å². The van der Waals surface area contributed by atoms with Gasteiger partial charge in [-0.05, 0) is 48.2 Å². The minimum absolute atomic E-state index is 0.0483. The van der Waals surface area contributed by atoms with Crippen LogP contribution in [-0.4, -0.2) is 53.7 Å². The Morgan fingerprint density at radius 1 is 1.13 bits per heavy atom. The molecule has 1 spiro atoms. The first kappa shape index (κ1) is 19.9. The minimum Gasteiger partial charge on any atom is -0.371 e. The number of epoxide rings is 1. The lowest BCUT2D eigenvalue weighted by atomic mass is 9.83. The average molecular weight is 430 g/mol. The van der Waals surface area contributed by atoms with E-state index in [4.69, 9.17) is 16.3 Å². The van der Waals surface area contributed by atoms with Gasteiger partial charge >= 0.3 is 0 Å². The highest BCUT2D eigenvalue weighted by Gasteiger charge is 2.55. The number of ether oxygens (including phenoxy) is 1. The molecule has 5 rings (SSSR count). The number of amides is 1. The topological polar surface area (TPSA) is 48.1 Å². The lowest BCUT2D eigenvalue weighted by Crippen LogP contribution is -2.57. The highest BCUT2D eigenvalue weighted by Crippen LogP contribution is 2.43. The van der Waals surface area contributed by atoms with Crippen LogP contribution in [0.2, 0.25) is 5.02 Å². The Morgan fingerprint density at radius 3 is 2.43 bits per heavy atom. The summed E-state index contributed by atoms with van der Waals surface area (Å²) in [5.74, 6) is -0.156. The van der Waals surface area contributed by atoms with Gasteiger partial charge in [0, 0.05) is 24.7 Å². The van der Waals surface area contributed by atoms with Gasteiger partial charge in [-0.15, -0.1) is 0 Å². The molecule has 1 amide bonds. The number of benzene rings is 2. The fourth-order valence-corrected chi connectivity index (χ4v) is 5.03. The standard InChI is InChI=1S/C23H25ClFN3O2/c24-18-5-1-16(2-6-18)13-27-11-9-23(10-12-27)22(29)26-15-28(23)21(20-14-30-20)17-3-7-19(25)8-4-17/h1-8,20-21H,9-15H2,(H,26,29). The number of halogens is 2. The van der Waals surface area contributed by atoms with Gasteiger partial charge in [-0.1, -0.05) is 35.9 Å². The number of nitrogens with zero attached hydrogens (tertiary/aromatic N) is 2. The fraction of sp³-hybridized carbons (Fsp3) is 0.435. The molecule has 158 valence electrons. The summed E-state index contributed by atoms with van der Waals surface area (Å²) in [6.07, 6.45) is 1.57. The van der Waals surface area contributed by atoms with Gasteiger partial charge in [0.1, 0.15) is 17.5 Å². The Morgan fingerprint density at radius 2 is 1.80 bits per heavy atom. The Kier molecular flexibility index (Phi) is 5.27. The van der Waals surface area contributed by atoms with Crippen LogP contribution in [0.3, 0.4) is 0 Å². The number of nitrogens with one attached hydrogen (secondary N) is 1. The molecule has 1 N–H and O–H groups in total. The van der Waals surface area contributed by atoms with Crippen LogP contribution in [0.25, 0.3) is 0 Å². The SMILES string of the molecule is O=C1NCN(C(c2ccc(F)cc2)C2CO2)C12CCN(Cc1ccc(Cl)cc1)CC2. The molecule has 0 aliphatic carbocycles. The van der Waals surface area contributed by atoms with Crippen molar-refractivity contribution in [1.82, 2.24) is 15.1 Å². The van der Waals surface area contributed by atoms with Crippen molar-refractivity contribution >= 4 is 17.5 Å². The number of hydrogen-bond donors (Lipinski definition) is 1. The zero-order chi connectivity index (χ0) is 20.7. The summed E-state index contributed by atoms with van der Waals surface area (Å²) in [6, 6.07) is 14.5. The molecule has 0 bridgehead atoms. The van der Waals surface area contributed by atoms with Gasteiger partial charge in [0.05, 0.1) is 19.3 Å². The van der Waals surface area contributed by atoms with Crippen LogP contribution in [0.15, 0.2) is 48.5 Å². The molecule has 5 nitrogen and oxygen atoms in total. The Balaban J connectivity index is 1.34. The van der Waals surface area contributed by atoms with Crippen LogP contribution in [-0.2, 0) is 16.1 Å². The fourth-order valence-electron chi connectivity index (χ4n) is 4.90. The number of carbonyl (C=O) groups is 1. The van der Waals surface area contributed by atoms with Crippen LogP contribution < -0.4 is 5.32 Å². The molecule has 0 saturated carbocycles. The van der Waals surface area contributed by atoms with Gasteiger partial charge in [0.15, 0.2) is 0 Å². The van der Waals surface area contributed by atoms with Crippen LogP contribution in [0.4, 0.5) is 4.39 Å². The van der Waals surface area contributed by atoms with Gasteiger partial charge in [0.2, 0.25) is 5.91 Å². The molecule has 7 heteroatoms. The average Bonchev–Trinajstić information content (AvgIpc) is 3.54. The molecular weight excluding hydrogens is 405 g/mol. The van der Waals surface area contributed by atoms with E-state index in [0.717, 1.165) is 43.1 Å². The van der Waals surface area contributed by atoms with Crippen molar-refractivity contribution < 1.29 is 13.9 Å². The molecule has 0 aromatic heterocycles. The summed E-state index contributed by atoms with van der Waals surface area (Å²) >= 11 is 5.99. The summed E-state index contributed by atoms with van der Waals surface area (Å²) < 4.78 is 19.1. The molecule has 3 aliphatic heterocycles. The maximum Gasteiger partial charge on any atom is 0.241 e. The van der Waals surface area contributed by atoms with Crippen molar-refractivity contribution in [2.75, 3.05) is 26.4 Å². The summed E-state index contributed by atoms with van der Waals surface area (Å²) in [7, 11) is 0. The predicted octanol–water partition coefficient (Wildman–Crippen LogP) is 3.34. The third kappa shape index (κ3) is 3.73. The molecule has 2 aromatic carbocycles. The van der Waals surface area contributed by atoms with Crippen molar-refractivity contribution in [3.05, 3.63) is 70.5 Å². The number of rotatable bonds is 5. The zero-order valence-corrected chi connectivity index (χ0v) is 17.4. The van der Waals surface area contributed by atoms with E-state index in [0.29, 0.717) is 13.3 Å². The number of likely N-dealkylation sites (tertiary alicyclic amines) is 1. The molecule has 3 aliphatic rings. The normalized spacial score (nSPS) is 24.7. The number of hydrogen-bond acceptors (Lipinski definition) is 4. The van der Waals surface area contributed by atoms with E-state index in [-0.39, 0.29) is 23.9 Å². The third-order valence-corrected chi connectivity index (χ3v) is 6.90. The van der Waals surface area contributed by atoms with Gasteiger partial charge in [0.25, 0.3) is 0 Å². The van der Waals surface area contributed by atoms with E-state index >= 15 is 0 Å². The number of piperidine rings is 1. The maximum atomic E-state index is 13.5. The molecule has 30 heavy (non-hydrogen) atoms. The van der Waals surface area contributed by atoms with Crippen molar-refractivity contribution in [1.29, 1.82) is 0 Å². The van der Waals surface area contributed by atoms with E-state index in [2.05, 4.69) is 27.2 Å². The second-order valence-electron chi connectivity index (χ2n) is 8.44. The lowest BCUT2D eigenvalue weighted by Gasteiger charge is -2.45. The van der Waals surface area contributed by atoms with Crippen LogP contribution in [0, 0.1) is 5.82 Å². The van der Waals surface area contributed by atoms with Crippen molar-refractivity contribution in [3.8, 4) is 0 Å². The second kappa shape index (κ2) is 7.93. The van der Waals surface area contributed by atoms with Gasteiger partial charge in [-0.25, -0.2) is 4.39 Å². The Bertz CT molecular complexity index is 909.